The van der Waals surface area contributed by atoms with Crippen LogP contribution in [0.15, 0.2) is 24.3 Å². The normalized spacial score (nSPS) is 34.9. The van der Waals surface area contributed by atoms with Gasteiger partial charge >= 0.3 is 5.97 Å². The molecule has 2 saturated heterocycles. The van der Waals surface area contributed by atoms with Gasteiger partial charge in [0.25, 0.3) is 0 Å². The summed E-state index contributed by atoms with van der Waals surface area (Å²) in [6, 6.07) is -0.887. The van der Waals surface area contributed by atoms with Crippen LogP contribution in [0, 0.1) is 17.3 Å². The maximum Gasteiger partial charge on any atom is 0.313 e. The average molecular weight is 489 g/mol. The summed E-state index contributed by atoms with van der Waals surface area (Å²) < 4.78 is 12.1. The van der Waals surface area contributed by atoms with Crippen molar-refractivity contribution in [1.29, 1.82) is 0 Å². The molecule has 2 fully saturated rings. The maximum absolute atomic E-state index is 14.4. The first-order chi connectivity index (χ1) is 16.3. The van der Waals surface area contributed by atoms with Crippen LogP contribution in [0.4, 0.5) is 0 Å². The summed E-state index contributed by atoms with van der Waals surface area (Å²) in [5, 5.41) is 9.32. The van der Waals surface area contributed by atoms with Crippen LogP contribution in [0.5, 0.6) is 0 Å². The van der Waals surface area contributed by atoms with Gasteiger partial charge in [-0.3, -0.25) is 14.4 Å². The fourth-order valence-corrected chi connectivity index (χ4v) is 6.93. The molecule has 4 heterocycles. The number of amides is 2. The number of carbonyl (C=O) groups excluding carboxylic acids is 3. The van der Waals surface area contributed by atoms with Gasteiger partial charge in [0.05, 0.1) is 11.5 Å². The standard InChI is InChI=1S/C27H40N2O6/c1-24(2,3)17-25(4,5)29-14-9-12-27-18(19-23(33)34-16-10-11-26(19,6)35-27)21(31)28(13-7-8-15-30)20(27)22(29)32/h9-12,18-20,30H,7-8,13-17H2,1-6H3/t18-,19-,20?,26+,27-/m0/s1. The minimum absolute atomic E-state index is 0.00811. The number of hydrogen-bond acceptors (Lipinski definition) is 6. The third kappa shape index (κ3) is 4.22. The highest BCUT2D eigenvalue weighted by molar-refractivity contribution is 5.99. The zero-order chi connectivity index (χ0) is 25.8. The third-order valence-corrected chi connectivity index (χ3v) is 7.81. The molecule has 2 amide bonds. The van der Waals surface area contributed by atoms with E-state index in [9.17, 15) is 19.5 Å². The van der Waals surface area contributed by atoms with Crippen molar-refractivity contribution in [2.75, 3.05) is 26.3 Å². The molecule has 1 unspecified atom stereocenters. The molecule has 1 spiro atoms. The number of carbonyl (C=O) groups is 3. The van der Waals surface area contributed by atoms with Gasteiger partial charge in [0.2, 0.25) is 11.8 Å². The van der Waals surface area contributed by atoms with Crippen molar-refractivity contribution < 1.29 is 29.0 Å². The Kier molecular flexibility index (Phi) is 6.46. The number of nitrogens with zero attached hydrogens (tertiary/aromatic N) is 2. The van der Waals surface area contributed by atoms with Crippen LogP contribution >= 0.6 is 0 Å². The molecule has 5 atom stereocenters. The number of esters is 1. The van der Waals surface area contributed by atoms with Crippen LogP contribution in [0.25, 0.3) is 0 Å². The Morgan fingerprint density at radius 1 is 1.03 bits per heavy atom. The molecule has 8 nitrogen and oxygen atoms in total. The van der Waals surface area contributed by atoms with Crippen molar-refractivity contribution in [3.05, 3.63) is 24.3 Å². The molecule has 4 aliphatic heterocycles. The second kappa shape index (κ2) is 8.73. The molecular formula is C27H40N2O6. The van der Waals surface area contributed by atoms with E-state index in [1.807, 2.05) is 17.1 Å². The lowest BCUT2D eigenvalue weighted by Crippen LogP contribution is -2.60. The number of rotatable bonds is 6. The van der Waals surface area contributed by atoms with Gasteiger partial charge in [-0.2, -0.15) is 0 Å². The summed E-state index contributed by atoms with van der Waals surface area (Å²) in [6.45, 7) is 13.2. The number of fused-ring (bicyclic) bond motifs is 2. The predicted octanol–water partition coefficient (Wildman–Crippen LogP) is 2.46. The molecule has 35 heavy (non-hydrogen) atoms. The third-order valence-electron chi connectivity index (χ3n) is 7.81. The largest absolute Gasteiger partial charge is 0.461 e. The van der Waals surface area contributed by atoms with Crippen molar-refractivity contribution in [3.63, 3.8) is 0 Å². The lowest BCUT2D eigenvalue weighted by Gasteiger charge is -2.44. The summed E-state index contributed by atoms with van der Waals surface area (Å²) in [5.74, 6) is -2.60. The molecule has 0 radical (unpaired) electrons. The van der Waals surface area contributed by atoms with Crippen LogP contribution in [-0.4, -0.2) is 81.8 Å². The van der Waals surface area contributed by atoms with Crippen LogP contribution in [0.3, 0.4) is 0 Å². The molecule has 8 heteroatoms. The van der Waals surface area contributed by atoms with Crippen LogP contribution in [-0.2, 0) is 23.9 Å². The molecule has 0 bridgehead atoms. The van der Waals surface area contributed by atoms with Gasteiger partial charge in [-0.15, -0.1) is 0 Å². The molecule has 0 aromatic rings. The molecule has 0 aliphatic carbocycles. The van der Waals surface area contributed by atoms with E-state index in [0.29, 0.717) is 25.9 Å². The molecule has 4 aliphatic rings. The van der Waals surface area contributed by atoms with E-state index in [0.717, 1.165) is 6.42 Å². The van der Waals surface area contributed by atoms with Gasteiger partial charge < -0.3 is 24.4 Å². The molecule has 1 N–H and O–H groups in total. The Bertz CT molecular complexity index is 950. The molecule has 0 aromatic heterocycles. The number of aliphatic hydroxyl groups is 1. The minimum Gasteiger partial charge on any atom is -0.461 e. The zero-order valence-electron chi connectivity index (χ0n) is 21.9. The highest BCUT2D eigenvalue weighted by atomic mass is 16.6. The van der Waals surface area contributed by atoms with Crippen molar-refractivity contribution in [3.8, 4) is 0 Å². The van der Waals surface area contributed by atoms with Gasteiger partial charge in [0, 0.05) is 25.2 Å². The van der Waals surface area contributed by atoms with Crippen molar-refractivity contribution >= 4 is 17.8 Å². The second-order valence-corrected chi connectivity index (χ2v) is 12.4. The van der Waals surface area contributed by atoms with E-state index in [1.54, 1.807) is 24.0 Å². The van der Waals surface area contributed by atoms with E-state index in [1.165, 1.54) is 0 Å². The van der Waals surface area contributed by atoms with Gasteiger partial charge in [-0.05, 0) is 51.5 Å². The van der Waals surface area contributed by atoms with Crippen molar-refractivity contribution in [1.82, 2.24) is 9.80 Å². The monoisotopic (exact) mass is 488 g/mol. The molecule has 0 saturated carbocycles. The van der Waals surface area contributed by atoms with Crippen LogP contribution in [0.1, 0.15) is 60.8 Å². The summed E-state index contributed by atoms with van der Waals surface area (Å²) in [7, 11) is 0. The lowest BCUT2D eigenvalue weighted by molar-refractivity contribution is -0.159. The summed E-state index contributed by atoms with van der Waals surface area (Å²) in [6.07, 6.45) is 9.18. The Labute approximate surface area is 208 Å². The Hall–Kier alpha value is -2.19. The van der Waals surface area contributed by atoms with E-state index < -0.39 is 40.6 Å². The van der Waals surface area contributed by atoms with Crippen molar-refractivity contribution in [2.24, 2.45) is 17.3 Å². The average Bonchev–Trinajstić information content (AvgIpc) is 2.97. The molecular weight excluding hydrogens is 448 g/mol. The highest BCUT2D eigenvalue weighted by Crippen LogP contribution is 2.57. The summed E-state index contributed by atoms with van der Waals surface area (Å²) in [5.41, 5.74) is -2.79. The molecule has 0 aromatic carbocycles. The number of ether oxygens (including phenoxy) is 2. The Morgan fingerprint density at radius 2 is 1.74 bits per heavy atom. The Balaban J connectivity index is 1.81. The topological polar surface area (TPSA) is 96.4 Å². The van der Waals surface area contributed by atoms with E-state index in [-0.39, 0.29) is 30.4 Å². The van der Waals surface area contributed by atoms with Crippen LogP contribution in [0.2, 0.25) is 0 Å². The van der Waals surface area contributed by atoms with Gasteiger partial charge in [-0.1, -0.05) is 39.0 Å². The quantitative estimate of drug-likeness (QED) is 0.351. The summed E-state index contributed by atoms with van der Waals surface area (Å²) in [4.78, 5) is 44.9. The predicted molar refractivity (Wildman–Crippen MR) is 130 cm³/mol. The molecule has 4 rings (SSSR count). The first-order valence-corrected chi connectivity index (χ1v) is 12.7. The molecule has 194 valence electrons. The summed E-state index contributed by atoms with van der Waals surface area (Å²) >= 11 is 0. The maximum atomic E-state index is 14.4. The smallest absolute Gasteiger partial charge is 0.313 e. The number of cyclic esters (lactones) is 1. The fourth-order valence-electron chi connectivity index (χ4n) is 6.93. The first kappa shape index (κ1) is 25.9. The van der Waals surface area contributed by atoms with E-state index in [2.05, 4.69) is 34.6 Å². The lowest BCUT2D eigenvalue weighted by atomic mass is 9.74. The number of likely N-dealkylation sites (tertiary alicyclic amines) is 1. The number of hydrogen-bond donors (Lipinski definition) is 1. The van der Waals surface area contributed by atoms with Gasteiger partial charge in [0.1, 0.15) is 24.2 Å². The van der Waals surface area contributed by atoms with Gasteiger partial charge in [0.15, 0.2) is 0 Å². The van der Waals surface area contributed by atoms with E-state index in [4.69, 9.17) is 9.47 Å². The second-order valence-electron chi connectivity index (χ2n) is 12.4. The first-order valence-electron chi connectivity index (χ1n) is 12.7. The van der Waals surface area contributed by atoms with Gasteiger partial charge in [-0.25, -0.2) is 0 Å². The highest BCUT2D eigenvalue weighted by Gasteiger charge is 2.75. The Morgan fingerprint density at radius 3 is 2.40 bits per heavy atom. The fraction of sp³-hybridized carbons (Fsp3) is 0.741. The van der Waals surface area contributed by atoms with Crippen molar-refractivity contribution in [2.45, 2.75) is 83.6 Å². The van der Waals surface area contributed by atoms with Crippen LogP contribution < -0.4 is 0 Å². The number of unbranched alkanes of at least 4 members (excludes halogenated alkanes) is 1. The number of aliphatic hydroxyl groups excluding tert-OH is 1. The van der Waals surface area contributed by atoms with E-state index >= 15 is 0 Å². The zero-order valence-corrected chi connectivity index (χ0v) is 21.9. The SMILES string of the molecule is CC(C)(C)CC(C)(C)N1CC=C[C@]23O[C@]4(C)C=CCOC(=O)[C@@H]4[C@H]2C(=O)N(CCCCO)C3C1=O. The minimum atomic E-state index is -1.26.